The number of carboxylic acids is 1. The summed E-state index contributed by atoms with van der Waals surface area (Å²) in [6, 6.07) is 10.8. The van der Waals surface area contributed by atoms with E-state index < -0.39 is 18.1 Å². The largest absolute Gasteiger partial charge is 0.507 e. The number of carboxylic acid groups (broad SMARTS) is 1. The van der Waals surface area contributed by atoms with Crippen molar-refractivity contribution in [1.29, 1.82) is 0 Å². The van der Waals surface area contributed by atoms with Gasteiger partial charge in [0, 0.05) is 29.6 Å². The SMILES string of the molecule is CC(NC(Cc1c[nH]c2ccccc12)C(=O)O)c1c(O)cccc1O. The first-order valence-electron chi connectivity index (χ1n) is 8.02. The van der Waals surface area contributed by atoms with E-state index in [1.807, 2.05) is 30.5 Å². The van der Waals surface area contributed by atoms with Crippen molar-refractivity contribution >= 4 is 16.9 Å². The average molecular weight is 340 g/mol. The quantitative estimate of drug-likeness (QED) is 0.474. The Kier molecular flexibility index (Phi) is 4.63. The molecule has 0 spiro atoms. The highest BCUT2D eigenvalue weighted by Gasteiger charge is 2.24. The Labute approximate surface area is 144 Å². The average Bonchev–Trinajstić information content (AvgIpc) is 2.97. The van der Waals surface area contributed by atoms with E-state index in [2.05, 4.69) is 10.3 Å². The van der Waals surface area contributed by atoms with E-state index in [4.69, 9.17) is 0 Å². The number of carbonyl (C=O) groups is 1. The van der Waals surface area contributed by atoms with Crippen molar-refractivity contribution in [3.8, 4) is 11.5 Å². The molecule has 2 aromatic carbocycles. The molecule has 0 amide bonds. The van der Waals surface area contributed by atoms with Gasteiger partial charge in [0.2, 0.25) is 0 Å². The van der Waals surface area contributed by atoms with Crippen LogP contribution >= 0.6 is 0 Å². The molecular weight excluding hydrogens is 320 g/mol. The monoisotopic (exact) mass is 340 g/mol. The topological polar surface area (TPSA) is 106 Å². The van der Waals surface area contributed by atoms with Gasteiger partial charge >= 0.3 is 5.97 Å². The molecule has 1 aromatic heterocycles. The van der Waals surface area contributed by atoms with E-state index in [0.717, 1.165) is 16.5 Å². The van der Waals surface area contributed by atoms with Crippen LogP contribution in [0.2, 0.25) is 0 Å². The summed E-state index contributed by atoms with van der Waals surface area (Å²) in [4.78, 5) is 14.8. The first-order chi connectivity index (χ1) is 12.0. The van der Waals surface area contributed by atoms with Gasteiger partial charge in [0.15, 0.2) is 0 Å². The first kappa shape index (κ1) is 16.9. The summed E-state index contributed by atoms with van der Waals surface area (Å²) in [6.07, 6.45) is 2.09. The molecule has 0 aliphatic rings. The van der Waals surface area contributed by atoms with Crippen LogP contribution in [0, 0.1) is 0 Å². The van der Waals surface area contributed by atoms with Gasteiger partial charge in [-0.25, -0.2) is 0 Å². The second-order valence-electron chi connectivity index (χ2n) is 6.05. The Hall–Kier alpha value is -2.99. The van der Waals surface area contributed by atoms with Crippen LogP contribution < -0.4 is 5.32 Å². The second kappa shape index (κ2) is 6.86. The number of fused-ring (bicyclic) bond motifs is 1. The minimum absolute atomic E-state index is 0.0729. The Balaban J connectivity index is 1.83. The molecule has 6 heteroatoms. The van der Waals surface area contributed by atoms with Crippen LogP contribution in [0.25, 0.3) is 10.9 Å². The van der Waals surface area contributed by atoms with E-state index in [1.54, 1.807) is 6.92 Å². The summed E-state index contributed by atoms with van der Waals surface area (Å²) in [7, 11) is 0. The highest BCUT2D eigenvalue weighted by atomic mass is 16.4. The van der Waals surface area contributed by atoms with Crippen molar-refractivity contribution in [2.24, 2.45) is 0 Å². The van der Waals surface area contributed by atoms with Crippen LogP contribution in [0.15, 0.2) is 48.7 Å². The van der Waals surface area contributed by atoms with Crippen LogP contribution in [0.5, 0.6) is 11.5 Å². The fraction of sp³-hybridized carbons (Fsp3) is 0.211. The zero-order chi connectivity index (χ0) is 18.0. The molecule has 2 atom stereocenters. The number of benzene rings is 2. The van der Waals surface area contributed by atoms with Gasteiger partial charge in [-0.2, -0.15) is 0 Å². The number of aromatic hydroxyl groups is 2. The van der Waals surface area contributed by atoms with E-state index in [9.17, 15) is 20.1 Å². The lowest BCUT2D eigenvalue weighted by atomic mass is 10.0. The lowest BCUT2D eigenvalue weighted by Crippen LogP contribution is -2.40. The third-order valence-corrected chi connectivity index (χ3v) is 4.34. The maximum absolute atomic E-state index is 11.7. The molecule has 5 N–H and O–H groups in total. The molecule has 3 rings (SSSR count). The van der Waals surface area contributed by atoms with Crippen molar-refractivity contribution in [3.05, 3.63) is 59.8 Å². The number of H-pyrrole nitrogens is 1. The van der Waals surface area contributed by atoms with Crippen molar-refractivity contribution in [1.82, 2.24) is 10.3 Å². The van der Waals surface area contributed by atoms with Crippen molar-refractivity contribution in [3.63, 3.8) is 0 Å². The summed E-state index contributed by atoms with van der Waals surface area (Å²) in [5, 5.41) is 33.5. The van der Waals surface area contributed by atoms with Gasteiger partial charge in [-0.3, -0.25) is 10.1 Å². The molecule has 130 valence electrons. The Bertz CT molecular complexity index is 883. The fourth-order valence-electron chi connectivity index (χ4n) is 3.11. The Morgan fingerprint density at radius 2 is 1.80 bits per heavy atom. The van der Waals surface area contributed by atoms with Crippen LogP contribution in [0.3, 0.4) is 0 Å². The van der Waals surface area contributed by atoms with Gasteiger partial charge in [-0.15, -0.1) is 0 Å². The van der Waals surface area contributed by atoms with Crippen LogP contribution in [-0.4, -0.2) is 32.3 Å². The van der Waals surface area contributed by atoms with Gasteiger partial charge < -0.3 is 20.3 Å². The zero-order valence-corrected chi connectivity index (χ0v) is 13.7. The van der Waals surface area contributed by atoms with Gasteiger partial charge in [0.05, 0.1) is 5.56 Å². The number of rotatable bonds is 6. The number of phenols is 2. The lowest BCUT2D eigenvalue weighted by molar-refractivity contribution is -0.139. The summed E-state index contributed by atoms with van der Waals surface area (Å²) < 4.78 is 0. The zero-order valence-electron chi connectivity index (χ0n) is 13.7. The third-order valence-electron chi connectivity index (χ3n) is 4.34. The molecule has 2 unspecified atom stereocenters. The van der Waals surface area contributed by atoms with Crippen molar-refractivity contribution < 1.29 is 20.1 Å². The predicted octanol–water partition coefficient (Wildman–Crippen LogP) is 2.93. The maximum Gasteiger partial charge on any atom is 0.321 e. The van der Waals surface area contributed by atoms with Crippen LogP contribution in [-0.2, 0) is 11.2 Å². The molecule has 0 saturated heterocycles. The molecule has 0 bridgehead atoms. The number of hydrogen-bond donors (Lipinski definition) is 5. The fourth-order valence-corrected chi connectivity index (χ4v) is 3.11. The van der Waals surface area contributed by atoms with E-state index >= 15 is 0 Å². The minimum atomic E-state index is -0.993. The number of aromatic nitrogens is 1. The lowest BCUT2D eigenvalue weighted by Gasteiger charge is -2.22. The van der Waals surface area contributed by atoms with Gasteiger partial charge in [0.25, 0.3) is 0 Å². The Morgan fingerprint density at radius 3 is 2.48 bits per heavy atom. The molecule has 1 heterocycles. The van der Waals surface area contributed by atoms with E-state index in [1.165, 1.54) is 18.2 Å². The number of nitrogens with one attached hydrogen (secondary N) is 2. The summed E-state index contributed by atoms with van der Waals surface area (Å²) in [5.41, 5.74) is 2.13. The molecule has 0 aliphatic heterocycles. The molecule has 0 radical (unpaired) electrons. The highest BCUT2D eigenvalue weighted by molar-refractivity contribution is 5.84. The van der Waals surface area contributed by atoms with Gasteiger partial charge in [-0.1, -0.05) is 24.3 Å². The molecule has 3 aromatic rings. The van der Waals surface area contributed by atoms with Crippen LogP contribution in [0.4, 0.5) is 0 Å². The molecule has 6 nitrogen and oxygen atoms in total. The van der Waals surface area contributed by atoms with Crippen molar-refractivity contribution in [2.45, 2.75) is 25.4 Å². The summed E-state index contributed by atoms with van der Waals surface area (Å²) in [5.74, 6) is -1.14. The van der Waals surface area contributed by atoms with E-state index in [0.29, 0.717) is 0 Å². The Morgan fingerprint density at radius 1 is 1.12 bits per heavy atom. The normalized spacial score (nSPS) is 13.6. The number of para-hydroxylation sites is 1. The third kappa shape index (κ3) is 3.44. The molecule has 0 fully saturated rings. The highest BCUT2D eigenvalue weighted by Crippen LogP contribution is 2.32. The second-order valence-corrected chi connectivity index (χ2v) is 6.05. The number of hydrogen-bond acceptors (Lipinski definition) is 4. The number of phenolic OH excluding ortho intramolecular Hbond substituents is 2. The molecule has 25 heavy (non-hydrogen) atoms. The summed E-state index contributed by atoms with van der Waals surface area (Å²) in [6.45, 7) is 1.71. The number of aliphatic carboxylic acids is 1. The molecule has 0 aliphatic carbocycles. The number of aromatic amines is 1. The van der Waals surface area contributed by atoms with Crippen molar-refractivity contribution in [2.75, 3.05) is 0 Å². The van der Waals surface area contributed by atoms with Gasteiger partial charge in [0.1, 0.15) is 17.5 Å². The standard InChI is InChI=1S/C19H20N2O4/c1-11(18-16(22)7-4-8-17(18)23)21-15(19(24)25)9-12-10-20-14-6-3-2-5-13(12)14/h2-8,10-11,15,20-23H,9H2,1H3,(H,24,25). The van der Waals surface area contributed by atoms with E-state index in [-0.39, 0.29) is 23.5 Å². The smallest absolute Gasteiger partial charge is 0.321 e. The maximum atomic E-state index is 11.7. The predicted molar refractivity (Wildman–Crippen MR) is 94.7 cm³/mol. The molecule has 0 saturated carbocycles. The minimum Gasteiger partial charge on any atom is -0.507 e. The first-order valence-corrected chi connectivity index (χ1v) is 8.02. The summed E-state index contributed by atoms with van der Waals surface area (Å²) >= 11 is 0. The molecular formula is C19H20N2O4. The van der Waals surface area contributed by atoms with Crippen LogP contribution in [0.1, 0.15) is 24.1 Å². The van der Waals surface area contributed by atoms with Gasteiger partial charge in [-0.05, 0) is 30.7 Å².